The molecule has 1 heterocycles. The molecule has 0 aromatic heterocycles. The Bertz CT molecular complexity index is 430. The molecule has 18 heavy (non-hydrogen) atoms. The van der Waals surface area contributed by atoms with E-state index in [4.69, 9.17) is 0 Å². The minimum atomic E-state index is 0.209. The van der Waals surface area contributed by atoms with Crippen molar-refractivity contribution in [2.45, 2.75) is 32.2 Å². The number of amides is 1. The molecule has 1 fully saturated rings. The molecular formula is C15H22N2O. The third kappa shape index (κ3) is 2.56. The van der Waals surface area contributed by atoms with E-state index in [2.05, 4.69) is 43.4 Å². The van der Waals surface area contributed by atoms with Crippen molar-refractivity contribution in [1.29, 1.82) is 0 Å². The Morgan fingerprint density at radius 3 is 2.83 bits per heavy atom. The van der Waals surface area contributed by atoms with Gasteiger partial charge in [0.25, 0.3) is 0 Å². The van der Waals surface area contributed by atoms with E-state index in [-0.39, 0.29) is 5.91 Å². The van der Waals surface area contributed by atoms with Gasteiger partial charge in [0.15, 0.2) is 0 Å². The van der Waals surface area contributed by atoms with Gasteiger partial charge in [-0.25, -0.2) is 0 Å². The smallest absolute Gasteiger partial charge is 0.236 e. The van der Waals surface area contributed by atoms with Crippen molar-refractivity contribution in [2.24, 2.45) is 0 Å². The first kappa shape index (κ1) is 13.1. The zero-order valence-electron chi connectivity index (χ0n) is 11.4. The Kier molecular flexibility index (Phi) is 4.02. The Labute approximate surface area is 109 Å². The maximum atomic E-state index is 12.0. The number of aryl methyl sites for hydroxylation is 1. The van der Waals surface area contributed by atoms with Gasteiger partial charge in [-0.2, -0.15) is 0 Å². The van der Waals surface area contributed by atoms with Gasteiger partial charge >= 0.3 is 0 Å². The number of hydrogen-bond donors (Lipinski definition) is 1. The third-order valence-corrected chi connectivity index (χ3v) is 3.85. The van der Waals surface area contributed by atoms with Gasteiger partial charge < -0.3 is 10.2 Å². The lowest BCUT2D eigenvalue weighted by atomic mass is 9.93. The third-order valence-electron chi connectivity index (χ3n) is 3.85. The quantitative estimate of drug-likeness (QED) is 0.883. The van der Waals surface area contributed by atoms with E-state index < -0.39 is 0 Å². The highest BCUT2D eigenvalue weighted by Gasteiger charge is 2.33. The molecule has 3 nitrogen and oxygen atoms in total. The molecule has 1 aromatic carbocycles. The van der Waals surface area contributed by atoms with Crippen LogP contribution in [0.1, 0.15) is 30.4 Å². The van der Waals surface area contributed by atoms with Gasteiger partial charge in [0.05, 0.1) is 6.54 Å². The first-order chi connectivity index (χ1) is 8.63. The maximum absolute atomic E-state index is 12.0. The molecule has 1 aliphatic heterocycles. The van der Waals surface area contributed by atoms with Gasteiger partial charge in [0.2, 0.25) is 5.91 Å². The number of hydrogen-bond acceptors (Lipinski definition) is 2. The van der Waals surface area contributed by atoms with E-state index in [1.165, 1.54) is 11.1 Å². The second kappa shape index (κ2) is 5.53. The molecule has 1 amide bonds. The largest absolute Gasteiger partial charge is 0.338 e. The summed E-state index contributed by atoms with van der Waals surface area (Å²) in [5.74, 6) is 0.697. The number of nitrogens with zero attached hydrogens (tertiary/aromatic N) is 1. The summed E-state index contributed by atoms with van der Waals surface area (Å²) < 4.78 is 0. The lowest BCUT2D eigenvalue weighted by Gasteiger charge is -2.21. The van der Waals surface area contributed by atoms with Crippen molar-refractivity contribution in [1.82, 2.24) is 10.2 Å². The van der Waals surface area contributed by atoms with Gasteiger partial charge in [-0.15, -0.1) is 0 Å². The predicted octanol–water partition coefficient (Wildman–Crippen LogP) is 1.92. The van der Waals surface area contributed by atoms with Crippen LogP contribution in [0.5, 0.6) is 0 Å². The van der Waals surface area contributed by atoms with Crippen LogP contribution in [0.25, 0.3) is 0 Å². The standard InChI is InChI=1S/C15H22N2O/c1-11-6-4-5-7-14(11)13-8-12(2)17(10-13)15(18)9-16-3/h4-7,12-13,16H,8-10H2,1-3H3. The van der Waals surface area contributed by atoms with Crippen LogP contribution in [-0.2, 0) is 4.79 Å². The molecule has 1 aliphatic rings. The number of likely N-dealkylation sites (tertiary alicyclic amines) is 1. The van der Waals surface area contributed by atoms with Gasteiger partial charge in [-0.3, -0.25) is 4.79 Å². The van der Waals surface area contributed by atoms with Crippen LogP contribution in [0.2, 0.25) is 0 Å². The topological polar surface area (TPSA) is 32.3 Å². The van der Waals surface area contributed by atoms with Crippen LogP contribution in [0.15, 0.2) is 24.3 Å². The summed E-state index contributed by atoms with van der Waals surface area (Å²) in [6.45, 7) is 5.58. The lowest BCUT2D eigenvalue weighted by Crippen LogP contribution is -2.39. The van der Waals surface area contributed by atoms with Crippen LogP contribution in [0, 0.1) is 6.92 Å². The summed E-state index contributed by atoms with van der Waals surface area (Å²) in [6.07, 6.45) is 1.07. The predicted molar refractivity (Wildman–Crippen MR) is 73.6 cm³/mol. The molecule has 98 valence electrons. The van der Waals surface area contributed by atoms with E-state index >= 15 is 0 Å². The Morgan fingerprint density at radius 1 is 1.44 bits per heavy atom. The number of nitrogens with one attached hydrogen (secondary N) is 1. The maximum Gasteiger partial charge on any atom is 0.236 e. The highest BCUT2D eigenvalue weighted by Crippen LogP contribution is 2.33. The van der Waals surface area contributed by atoms with Gasteiger partial charge in [0, 0.05) is 18.5 Å². The SMILES string of the molecule is CNCC(=O)N1CC(c2ccccc2C)CC1C. The molecule has 0 aliphatic carbocycles. The van der Waals surface area contributed by atoms with Crippen molar-refractivity contribution in [3.63, 3.8) is 0 Å². The fourth-order valence-electron chi connectivity index (χ4n) is 2.90. The second-order valence-electron chi connectivity index (χ2n) is 5.21. The first-order valence-electron chi connectivity index (χ1n) is 6.63. The fourth-order valence-corrected chi connectivity index (χ4v) is 2.90. The normalized spacial score (nSPS) is 23.4. The molecule has 1 aromatic rings. The molecule has 1 N–H and O–H groups in total. The molecule has 0 saturated carbocycles. The molecule has 1 saturated heterocycles. The highest BCUT2D eigenvalue weighted by atomic mass is 16.2. The van der Waals surface area contributed by atoms with Crippen molar-refractivity contribution in [3.05, 3.63) is 35.4 Å². The minimum Gasteiger partial charge on any atom is -0.338 e. The summed E-state index contributed by atoms with van der Waals surface area (Å²) in [7, 11) is 1.82. The fraction of sp³-hybridized carbons (Fsp3) is 0.533. The van der Waals surface area contributed by atoms with Gasteiger partial charge in [-0.05, 0) is 38.4 Å². The molecule has 2 rings (SSSR count). The molecule has 0 radical (unpaired) electrons. The molecular weight excluding hydrogens is 224 g/mol. The zero-order chi connectivity index (χ0) is 13.1. The Morgan fingerprint density at radius 2 is 2.17 bits per heavy atom. The van der Waals surface area contributed by atoms with Crippen LogP contribution in [0.3, 0.4) is 0 Å². The van der Waals surface area contributed by atoms with Gasteiger partial charge in [-0.1, -0.05) is 24.3 Å². The van der Waals surface area contributed by atoms with Crippen LogP contribution >= 0.6 is 0 Å². The molecule has 2 atom stereocenters. The van der Waals surface area contributed by atoms with Gasteiger partial charge in [0.1, 0.15) is 0 Å². The van der Waals surface area contributed by atoms with E-state index in [0.29, 0.717) is 18.5 Å². The number of likely N-dealkylation sites (N-methyl/N-ethyl adjacent to an activating group) is 1. The average molecular weight is 246 g/mol. The van der Waals surface area contributed by atoms with Crippen molar-refractivity contribution in [3.8, 4) is 0 Å². The van der Waals surface area contributed by atoms with Crippen LogP contribution in [0.4, 0.5) is 0 Å². The van der Waals surface area contributed by atoms with E-state index in [1.54, 1.807) is 0 Å². The van der Waals surface area contributed by atoms with Crippen molar-refractivity contribution < 1.29 is 4.79 Å². The first-order valence-corrected chi connectivity index (χ1v) is 6.63. The van der Waals surface area contributed by atoms with E-state index in [0.717, 1.165) is 13.0 Å². The number of carbonyl (C=O) groups excluding carboxylic acids is 1. The zero-order valence-corrected chi connectivity index (χ0v) is 11.4. The monoisotopic (exact) mass is 246 g/mol. The summed E-state index contributed by atoms with van der Waals surface area (Å²) in [5, 5.41) is 2.94. The van der Waals surface area contributed by atoms with Crippen molar-refractivity contribution >= 4 is 5.91 Å². The molecule has 0 spiro atoms. The van der Waals surface area contributed by atoms with Crippen molar-refractivity contribution in [2.75, 3.05) is 20.1 Å². The average Bonchev–Trinajstić information content (AvgIpc) is 2.72. The lowest BCUT2D eigenvalue weighted by molar-refractivity contribution is -0.130. The summed E-state index contributed by atoms with van der Waals surface area (Å²) in [4.78, 5) is 14.0. The Hall–Kier alpha value is -1.35. The van der Waals surface area contributed by atoms with E-state index in [9.17, 15) is 4.79 Å². The summed E-state index contributed by atoms with van der Waals surface area (Å²) in [5.41, 5.74) is 2.72. The Balaban J connectivity index is 2.11. The minimum absolute atomic E-state index is 0.209. The second-order valence-corrected chi connectivity index (χ2v) is 5.21. The number of carbonyl (C=O) groups is 1. The highest BCUT2D eigenvalue weighted by molar-refractivity contribution is 5.79. The molecule has 3 heteroatoms. The number of benzene rings is 1. The summed E-state index contributed by atoms with van der Waals surface area (Å²) >= 11 is 0. The van der Waals surface area contributed by atoms with Crippen LogP contribution in [-0.4, -0.2) is 37.0 Å². The van der Waals surface area contributed by atoms with E-state index in [1.807, 2.05) is 11.9 Å². The van der Waals surface area contributed by atoms with Crippen LogP contribution < -0.4 is 5.32 Å². The molecule has 0 bridgehead atoms. The summed E-state index contributed by atoms with van der Waals surface area (Å²) in [6, 6.07) is 8.85. The number of rotatable bonds is 3. The molecule has 2 unspecified atom stereocenters.